The van der Waals surface area contributed by atoms with Crippen LogP contribution in [0.2, 0.25) is 0 Å². The molecule has 0 saturated carbocycles. The molecular formula is C16H11FN4O2. The van der Waals surface area contributed by atoms with Crippen LogP contribution < -0.4 is 5.32 Å². The molecular weight excluding hydrogens is 299 g/mol. The molecule has 0 unspecified atom stereocenters. The largest absolute Gasteiger partial charge is 0.478 e. The molecule has 2 aromatic carbocycles. The summed E-state index contributed by atoms with van der Waals surface area (Å²) in [6, 6.07) is 8.15. The number of nitrogens with one attached hydrogen (secondary N) is 2. The van der Waals surface area contributed by atoms with Gasteiger partial charge in [0.15, 0.2) is 5.82 Å². The highest BCUT2D eigenvalue weighted by Crippen LogP contribution is 2.31. The summed E-state index contributed by atoms with van der Waals surface area (Å²) < 4.78 is 14.6. The maximum absolute atomic E-state index is 14.6. The van der Waals surface area contributed by atoms with Crippen molar-refractivity contribution in [3.05, 3.63) is 53.1 Å². The van der Waals surface area contributed by atoms with Gasteiger partial charge in [-0.1, -0.05) is 0 Å². The molecule has 0 atom stereocenters. The molecule has 3 aromatic rings. The van der Waals surface area contributed by atoms with Crippen molar-refractivity contribution in [2.24, 2.45) is 0 Å². The van der Waals surface area contributed by atoms with E-state index in [1.807, 2.05) is 6.07 Å². The van der Waals surface area contributed by atoms with Crippen molar-refractivity contribution in [1.82, 2.24) is 9.97 Å². The molecule has 0 bridgehead atoms. The van der Waals surface area contributed by atoms with E-state index in [9.17, 15) is 14.3 Å². The van der Waals surface area contributed by atoms with Gasteiger partial charge in [0.05, 0.1) is 34.7 Å². The molecule has 0 aliphatic rings. The second-order valence-corrected chi connectivity index (χ2v) is 4.98. The number of aromatic amines is 1. The van der Waals surface area contributed by atoms with Crippen LogP contribution in [-0.2, 0) is 0 Å². The fourth-order valence-electron chi connectivity index (χ4n) is 2.34. The fraction of sp³-hybridized carbons (Fsp3) is 0.0625. The lowest BCUT2D eigenvalue weighted by molar-refractivity contribution is 0.0697. The summed E-state index contributed by atoms with van der Waals surface area (Å²) in [5, 5.41) is 21.0. The number of hydrogen-bond donors (Lipinski definition) is 3. The van der Waals surface area contributed by atoms with Gasteiger partial charge in [-0.3, -0.25) is 0 Å². The first-order valence-electron chi connectivity index (χ1n) is 6.68. The monoisotopic (exact) mass is 310 g/mol. The number of H-pyrrole nitrogens is 1. The van der Waals surface area contributed by atoms with Crippen LogP contribution in [0.25, 0.3) is 11.0 Å². The van der Waals surface area contributed by atoms with Crippen molar-refractivity contribution in [3.63, 3.8) is 0 Å². The summed E-state index contributed by atoms with van der Waals surface area (Å²) >= 11 is 0. The van der Waals surface area contributed by atoms with Gasteiger partial charge in [0, 0.05) is 5.69 Å². The molecule has 0 aliphatic carbocycles. The number of benzene rings is 2. The molecule has 3 N–H and O–H groups in total. The molecule has 1 heterocycles. The highest BCUT2D eigenvalue weighted by atomic mass is 19.1. The van der Waals surface area contributed by atoms with Gasteiger partial charge in [-0.15, -0.1) is 0 Å². The number of halogens is 1. The third-order valence-electron chi connectivity index (χ3n) is 3.50. The summed E-state index contributed by atoms with van der Waals surface area (Å²) in [6.07, 6.45) is 1.30. The number of fused-ring (bicyclic) bond motifs is 1. The Balaban J connectivity index is 2.15. The number of anilines is 2. The van der Waals surface area contributed by atoms with E-state index >= 15 is 0 Å². The second-order valence-electron chi connectivity index (χ2n) is 4.98. The van der Waals surface area contributed by atoms with Crippen LogP contribution in [0, 0.1) is 24.1 Å². The topological polar surface area (TPSA) is 102 Å². The van der Waals surface area contributed by atoms with Crippen molar-refractivity contribution in [2.75, 3.05) is 5.32 Å². The number of aryl methyl sites for hydroxylation is 1. The Hall–Kier alpha value is -3.40. The number of nitrogens with zero attached hydrogens (tertiary/aromatic N) is 2. The average Bonchev–Trinajstić information content (AvgIpc) is 3.00. The minimum absolute atomic E-state index is 0.0591. The van der Waals surface area contributed by atoms with Crippen LogP contribution in [-0.4, -0.2) is 21.0 Å². The van der Waals surface area contributed by atoms with Gasteiger partial charge >= 0.3 is 5.97 Å². The third kappa shape index (κ3) is 2.46. The summed E-state index contributed by atoms with van der Waals surface area (Å²) in [7, 11) is 0. The van der Waals surface area contributed by atoms with Crippen LogP contribution in [0.1, 0.15) is 21.5 Å². The van der Waals surface area contributed by atoms with Crippen LogP contribution in [0.15, 0.2) is 30.6 Å². The van der Waals surface area contributed by atoms with Gasteiger partial charge in [-0.25, -0.2) is 14.2 Å². The molecule has 0 saturated heterocycles. The van der Waals surface area contributed by atoms with E-state index in [1.165, 1.54) is 12.4 Å². The summed E-state index contributed by atoms with van der Waals surface area (Å²) in [4.78, 5) is 18.0. The van der Waals surface area contributed by atoms with Gasteiger partial charge in [-0.05, 0) is 36.8 Å². The van der Waals surface area contributed by atoms with E-state index in [1.54, 1.807) is 25.1 Å². The Morgan fingerprint density at radius 1 is 1.43 bits per heavy atom. The SMILES string of the molecule is Cc1cc(C#N)ccc1Nc1c(C(=O)O)cc2[nH]cnc2c1F. The molecule has 114 valence electrons. The molecule has 0 fully saturated rings. The van der Waals surface area contributed by atoms with E-state index in [-0.39, 0.29) is 16.8 Å². The lowest BCUT2D eigenvalue weighted by Gasteiger charge is -2.13. The average molecular weight is 310 g/mol. The number of aromatic nitrogens is 2. The number of carbonyl (C=O) groups is 1. The zero-order valence-electron chi connectivity index (χ0n) is 12.0. The number of rotatable bonds is 3. The van der Waals surface area contributed by atoms with Crippen molar-refractivity contribution < 1.29 is 14.3 Å². The first-order valence-corrected chi connectivity index (χ1v) is 6.68. The zero-order valence-corrected chi connectivity index (χ0v) is 12.0. The van der Waals surface area contributed by atoms with Crippen molar-refractivity contribution in [2.45, 2.75) is 6.92 Å². The molecule has 0 spiro atoms. The molecule has 3 rings (SSSR count). The Labute approximate surface area is 130 Å². The summed E-state index contributed by atoms with van der Waals surface area (Å²) in [5.41, 5.74) is 1.68. The van der Waals surface area contributed by atoms with Crippen LogP contribution in [0.4, 0.5) is 15.8 Å². The maximum atomic E-state index is 14.6. The number of hydrogen-bond acceptors (Lipinski definition) is 4. The fourth-order valence-corrected chi connectivity index (χ4v) is 2.34. The third-order valence-corrected chi connectivity index (χ3v) is 3.50. The number of carboxylic acid groups (broad SMARTS) is 1. The lowest BCUT2D eigenvalue weighted by Crippen LogP contribution is -2.06. The summed E-state index contributed by atoms with van der Waals surface area (Å²) in [6.45, 7) is 1.74. The maximum Gasteiger partial charge on any atom is 0.338 e. The van der Waals surface area contributed by atoms with Crippen LogP contribution in [0.3, 0.4) is 0 Å². The van der Waals surface area contributed by atoms with Gasteiger partial charge in [0.1, 0.15) is 5.52 Å². The van der Waals surface area contributed by atoms with Gasteiger partial charge in [0.2, 0.25) is 0 Å². The van der Waals surface area contributed by atoms with Gasteiger partial charge < -0.3 is 15.4 Å². The minimum Gasteiger partial charge on any atom is -0.478 e. The van der Waals surface area contributed by atoms with E-state index in [4.69, 9.17) is 5.26 Å². The number of nitriles is 1. The van der Waals surface area contributed by atoms with Crippen LogP contribution in [0.5, 0.6) is 0 Å². The number of carboxylic acids is 1. The smallest absolute Gasteiger partial charge is 0.338 e. The van der Waals surface area contributed by atoms with Gasteiger partial charge in [-0.2, -0.15) is 5.26 Å². The predicted octanol–water partition coefficient (Wildman–Crippen LogP) is 3.32. The quantitative estimate of drug-likeness (QED) is 0.688. The van der Waals surface area contributed by atoms with Crippen molar-refractivity contribution >= 4 is 28.4 Å². The highest BCUT2D eigenvalue weighted by molar-refractivity contribution is 6.00. The van der Waals surface area contributed by atoms with Crippen molar-refractivity contribution in [3.8, 4) is 6.07 Å². The summed E-state index contributed by atoms with van der Waals surface area (Å²) in [5.74, 6) is -2.00. The lowest BCUT2D eigenvalue weighted by atomic mass is 10.1. The van der Waals surface area contributed by atoms with E-state index < -0.39 is 11.8 Å². The first-order chi connectivity index (χ1) is 11.0. The second kappa shape index (κ2) is 5.42. The normalized spacial score (nSPS) is 10.5. The zero-order chi connectivity index (χ0) is 16.6. The number of aromatic carboxylic acids is 1. The Kier molecular flexibility index (Phi) is 3.43. The standard InChI is InChI=1S/C16H11FN4O2/c1-8-4-9(6-18)2-3-11(8)21-14-10(16(22)23)5-12-15(13(14)17)20-7-19-12/h2-5,7,21H,1H3,(H,19,20)(H,22,23). The molecule has 7 heteroatoms. The Bertz CT molecular complexity index is 972. The highest BCUT2D eigenvalue weighted by Gasteiger charge is 2.20. The molecule has 1 aromatic heterocycles. The van der Waals surface area contributed by atoms with E-state index in [0.717, 1.165) is 0 Å². The van der Waals surface area contributed by atoms with Gasteiger partial charge in [0.25, 0.3) is 0 Å². The minimum atomic E-state index is -1.26. The van der Waals surface area contributed by atoms with Crippen LogP contribution >= 0.6 is 0 Å². The van der Waals surface area contributed by atoms with Crippen molar-refractivity contribution in [1.29, 1.82) is 5.26 Å². The predicted molar refractivity (Wildman–Crippen MR) is 82.2 cm³/mol. The molecule has 0 radical (unpaired) electrons. The molecule has 0 aliphatic heterocycles. The Morgan fingerprint density at radius 3 is 2.87 bits per heavy atom. The van der Waals surface area contributed by atoms with E-state index in [0.29, 0.717) is 22.3 Å². The number of imidazole rings is 1. The molecule has 6 nitrogen and oxygen atoms in total. The molecule has 23 heavy (non-hydrogen) atoms. The Morgan fingerprint density at radius 2 is 2.22 bits per heavy atom. The molecule has 0 amide bonds. The first kappa shape index (κ1) is 14.5. The van der Waals surface area contributed by atoms with E-state index in [2.05, 4.69) is 15.3 Å².